The molecule has 7 heteroatoms. The largest absolute Gasteiger partial charge is 0.423 e. The summed E-state index contributed by atoms with van der Waals surface area (Å²) in [6, 6.07) is 5.42. The van der Waals surface area contributed by atoms with Crippen molar-refractivity contribution in [2.45, 2.75) is 0 Å². The van der Waals surface area contributed by atoms with Crippen LogP contribution in [0.15, 0.2) is 22.6 Å². The Balaban J connectivity index is 2.01. The van der Waals surface area contributed by atoms with E-state index >= 15 is 0 Å². The molecule has 0 spiro atoms. The third-order valence-electron chi connectivity index (χ3n) is 2.66. The van der Waals surface area contributed by atoms with Gasteiger partial charge in [0.1, 0.15) is 18.6 Å². The zero-order valence-electron chi connectivity index (χ0n) is 9.34. The Labute approximate surface area is 102 Å². The van der Waals surface area contributed by atoms with Crippen molar-refractivity contribution in [2.75, 3.05) is 23.7 Å². The molecule has 2 amide bonds. The molecule has 92 valence electrons. The standard InChI is InChI=1S/C11H10N4O3/c12-6-2-1-3-7-10(6)14-11(18-7)15-4-8(16)13-9(17)5-15/h1-3H,4-5,12H2,(H,13,16,17). The molecule has 1 fully saturated rings. The number of hydrogen-bond donors (Lipinski definition) is 2. The highest BCUT2D eigenvalue weighted by molar-refractivity contribution is 6.02. The van der Waals surface area contributed by atoms with Crippen molar-refractivity contribution < 1.29 is 14.0 Å². The van der Waals surface area contributed by atoms with Gasteiger partial charge in [0.15, 0.2) is 5.58 Å². The molecule has 0 saturated carbocycles. The van der Waals surface area contributed by atoms with Crippen LogP contribution < -0.4 is 16.0 Å². The molecule has 0 unspecified atom stereocenters. The lowest BCUT2D eigenvalue weighted by Crippen LogP contribution is -2.51. The maximum Gasteiger partial charge on any atom is 0.299 e. The second-order valence-electron chi connectivity index (χ2n) is 4.02. The van der Waals surface area contributed by atoms with Gasteiger partial charge >= 0.3 is 0 Å². The predicted molar refractivity (Wildman–Crippen MR) is 63.8 cm³/mol. The number of hydrogen-bond acceptors (Lipinski definition) is 6. The Bertz CT molecular complexity index is 633. The summed E-state index contributed by atoms with van der Waals surface area (Å²) in [5.41, 5.74) is 7.33. The molecule has 18 heavy (non-hydrogen) atoms. The number of carbonyl (C=O) groups excluding carboxylic acids is 2. The Morgan fingerprint density at radius 1 is 1.28 bits per heavy atom. The zero-order valence-corrected chi connectivity index (χ0v) is 9.34. The Hall–Kier alpha value is -2.57. The van der Waals surface area contributed by atoms with Crippen molar-refractivity contribution in [3.05, 3.63) is 18.2 Å². The first kappa shape index (κ1) is 10.6. The molecule has 2 heterocycles. The molecule has 0 atom stereocenters. The maximum absolute atomic E-state index is 11.3. The van der Waals surface area contributed by atoms with Crippen molar-refractivity contribution >= 4 is 34.6 Å². The maximum atomic E-state index is 11.3. The van der Waals surface area contributed by atoms with Gasteiger partial charge in [-0.05, 0) is 12.1 Å². The molecule has 1 aromatic carbocycles. The van der Waals surface area contributed by atoms with Gasteiger partial charge in [-0.3, -0.25) is 14.9 Å². The zero-order chi connectivity index (χ0) is 12.7. The number of imide groups is 1. The number of amides is 2. The first-order valence-electron chi connectivity index (χ1n) is 5.36. The first-order chi connectivity index (χ1) is 8.63. The summed E-state index contributed by atoms with van der Waals surface area (Å²) in [5.74, 6) is -0.747. The smallest absolute Gasteiger partial charge is 0.299 e. The molecular formula is C11H10N4O3. The van der Waals surface area contributed by atoms with Gasteiger partial charge in [-0.25, -0.2) is 0 Å². The minimum atomic E-state index is -0.374. The molecule has 7 nitrogen and oxygen atoms in total. The van der Waals surface area contributed by atoms with E-state index in [1.165, 1.54) is 4.90 Å². The van der Waals surface area contributed by atoms with Crippen LogP contribution in [0.25, 0.3) is 11.1 Å². The summed E-state index contributed by atoms with van der Waals surface area (Å²) in [4.78, 5) is 28.2. The summed E-state index contributed by atoms with van der Waals surface area (Å²) >= 11 is 0. The van der Waals surface area contributed by atoms with Crippen LogP contribution in [0.2, 0.25) is 0 Å². The van der Waals surface area contributed by atoms with Crippen molar-refractivity contribution in [1.82, 2.24) is 10.3 Å². The van der Waals surface area contributed by atoms with E-state index in [0.717, 1.165) is 0 Å². The summed E-state index contributed by atoms with van der Waals surface area (Å²) in [5, 5.41) is 2.21. The highest BCUT2D eigenvalue weighted by Gasteiger charge is 2.26. The van der Waals surface area contributed by atoms with Gasteiger partial charge in [0.2, 0.25) is 11.8 Å². The molecule has 3 N–H and O–H groups in total. The number of nitrogens with two attached hydrogens (primary N) is 1. The summed E-state index contributed by atoms with van der Waals surface area (Å²) < 4.78 is 5.49. The average molecular weight is 246 g/mol. The monoisotopic (exact) mass is 246 g/mol. The lowest BCUT2D eigenvalue weighted by atomic mass is 10.3. The Morgan fingerprint density at radius 2 is 2.00 bits per heavy atom. The number of piperazine rings is 1. The topological polar surface area (TPSA) is 101 Å². The molecule has 1 saturated heterocycles. The number of benzene rings is 1. The van der Waals surface area contributed by atoms with Crippen LogP contribution in [0, 0.1) is 0 Å². The van der Waals surface area contributed by atoms with E-state index in [4.69, 9.17) is 10.2 Å². The minimum absolute atomic E-state index is 0.0401. The van der Waals surface area contributed by atoms with Crippen LogP contribution in [-0.2, 0) is 9.59 Å². The number of nitrogens with one attached hydrogen (secondary N) is 1. The SMILES string of the molecule is Nc1cccc2oc(N3CC(=O)NC(=O)C3)nc12. The third-order valence-corrected chi connectivity index (χ3v) is 2.66. The van der Waals surface area contributed by atoms with Gasteiger partial charge in [-0.15, -0.1) is 0 Å². The molecule has 0 aliphatic carbocycles. The van der Waals surface area contributed by atoms with Gasteiger partial charge < -0.3 is 15.1 Å². The number of nitrogens with zero attached hydrogens (tertiary/aromatic N) is 2. The minimum Gasteiger partial charge on any atom is -0.423 e. The van der Waals surface area contributed by atoms with Crippen molar-refractivity contribution in [1.29, 1.82) is 0 Å². The predicted octanol–water partition coefficient (Wildman–Crippen LogP) is -0.127. The number of aromatic nitrogens is 1. The van der Waals surface area contributed by atoms with E-state index in [2.05, 4.69) is 10.3 Å². The van der Waals surface area contributed by atoms with E-state index in [-0.39, 0.29) is 30.9 Å². The quantitative estimate of drug-likeness (QED) is 0.537. The van der Waals surface area contributed by atoms with E-state index < -0.39 is 0 Å². The van der Waals surface area contributed by atoms with E-state index in [1.807, 2.05) is 0 Å². The van der Waals surface area contributed by atoms with Gasteiger partial charge in [-0.1, -0.05) is 6.07 Å². The van der Waals surface area contributed by atoms with Crippen molar-refractivity contribution in [2.24, 2.45) is 0 Å². The number of nitrogen functional groups attached to an aromatic ring is 1. The molecule has 2 aromatic rings. The number of para-hydroxylation sites is 1. The third kappa shape index (κ3) is 1.65. The number of anilines is 2. The van der Waals surface area contributed by atoms with Crippen LogP contribution in [0.3, 0.4) is 0 Å². The van der Waals surface area contributed by atoms with Crippen LogP contribution in [0.4, 0.5) is 11.7 Å². The summed E-state index contributed by atoms with van der Waals surface area (Å²) in [6.07, 6.45) is 0. The highest BCUT2D eigenvalue weighted by atomic mass is 16.4. The number of fused-ring (bicyclic) bond motifs is 1. The molecule has 1 aromatic heterocycles. The fourth-order valence-corrected chi connectivity index (χ4v) is 1.87. The second kappa shape index (κ2) is 3.73. The van der Waals surface area contributed by atoms with E-state index in [9.17, 15) is 9.59 Å². The number of rotatable bonds is 1. The van der Waals surface area contributed by atoms with Gasteiger partial charge in [0.25, 0.3) is 6.01 Å². The normalized spacial score (nSPS) is 16.1. The van der Waals surface area contributed by atoms with Crippen molar-refractivity contribution in [3.8, 4) is 0 Å². The molecule has 1 aliphatic rings. The average Bonchev–Trinajstić information content (AvgIpc) is 2.73. The molecule has 3 rings (SSSR count). The van der Waals surface area contributed by atoms with Gasteiger partial charge in [-0.2, -0.15) is 4.98 Å². The molecule has 0 bridgehead atoms. The summed E-state index contributed by atoms with van der Waals surface area (Å²) in [6.45, 7) is 0.0803. The van der Waals surface area contributed by atoms with Crippen molar-refractivity contribution in [3.63, 3.8) is 0 Å². The molecule has 1 aliphatic heterocycles. The highest BCUT2D eigenvalue weighted by Crippen LogP contribution is 2.26. The lowest BCUT2D eigenvalue weighted by Gasteiger charge is -2.23. The molecule has 0 radical (unpaired) electrons. The van der Waals surface area contributed by atoms with Gasteiger partial charge in [0.05, 0.1) is 5.69 Å². The first-order valence-corrected chi connectivity index (χ1v) is 5.36. The fraction of sp³-hybridized carbons (Fsp3) is 0.182. The lowest BCUT2D eigenvalue weighted by molar-refractivity contribution is -0.130. The molecular weight excluding hydrogens is 236 g/mol. The van der Waals surface area contributed by atoms with Crippen LogP contribution in [0.5, 0.6) is 0 Å². The summed E-state index contributed by atoms with van der Waals surface area (Å²) in [7, 11) is 0. The van der Waals surface area contributed by atoms with Crippen LogP contribution in [0.1, 0.15) is 0 Å². The fourth-order valence-electron chi connectivity index (χ4n) is 1.87. The van der Waals surface area contributed by atoms with E-state index in [0.29, 0.717) is 16.8 Å². The van der Waals surface area contributed by atoms with Crippen LogP contribution in [-0.4, -0.2) is 29.9 Å². The van der Waals surface area contributed by atoms with Crippen LogP contribution >= 0.6 is 0 Å². The second-order valence-corrected chi connectivity index (χ2v) is 4.02. The Morgan fingerprint density at radius 3 is 2.67 bits per heavy atom. The number of carbonyl (C=O) groups is 2. The number of oxazole rings is 1. The van der Waals surface area contributed by atoms with E-state index in [1.54, 1.807) is 18.2 Å². The Kier molecular flexibility index (Phi) is 2.19. The van der Waals surface area contributed by atoms with Gasteiger partial charge in [0, 0.05) is 0 Å².